The molecule has 0 bridgehead atoms. The van der Waals surface area contributed by atoms with E-state index in [1.54, 1.807) is 0 Å². The molecule has 0 radical (unpaired) electrons. The fourth-order valence-corrected chi connectivity index (χ4v) is 4.41. The summed E-state index contributed by atoms with van der Waals surface area (Å²) in [5.74, 6) is 0. The van der Waals surface area contributed by atoms with Crippen molar-refractivity contribution in [1.29, 1.82) is 0 Å². The summed E-state index contributed by atoms with van der Waals surface area (Å²) in [7, 11) is 0. The van der Waals surface area contributed by atoms with Gasteiger partial charge in [0.25, 0.3) is 0 Å². The van der Waals surface area contributed by atoms with Crippen LogP contribution in [0.25, 0.3) is 0 Å². The normalized spacial score (nSPS) is 13.8. The molecule has 0 atom stereocenters. The van der Waals surface area contributed by atoms with Crippen molar-refractivity contribution in [3.8, 4) is 0 Å². The van der Waals surface area contributed by atoms with Gasteiger partial charge in [-0.25, -0.2) is 0 Å². The van der Waals surface area contributed by atoms with Gasteiger partial charge in [-0.1, -0.05) is 53.6 Å². The van der Waals surface area contributed by atoms with Crippen molar-refractivity contribution in [2.24, 2.45) is 0 Å². The van der Waals surface area contributed by atoms with E-state index in [2.05, 4.69) is 68.7 Å². The highest BCUT2D eigenvalue weighted by Crippen LogP contribution is 2.32. The van der Waals surface area contributed by atoms with Gasteiger partial charge in [0.05, 0.1) is 0 Å². The monoisotopic (exact) mass is 393 g/mol. The highest BCUT2D eigenvalue weighted by Gasteiger charge is 2.12. The molecule has 0 saturated heterocycles. The third-order valence-electron chi connectivity index (χ3n) is 5.24. The van der Waals surface area contributed by atoms with E-state index in [-0.39, 0.29) is 11.5 Å². The molecular weight excluding hydrogens is 366 g/mol. The molecule has 0 spiro atoms. The number of hydrogen-bond acceptors (Lipinski definition) is 3. The number of thioether (sulfide) groups is 1. The van der Waals surface area contributed by atoms with Crippen LogP contribution in [0.5, 0.6) is 0 Å². The lowest BCUT2D eigenvalue weighted by atomic mass is 9.93. The Bertz CT molecular complexity index is 926. The van der Waals surface area contributed by atoms with E-state index in [1.807, 2.05) is 11.8 Å². The SMILES string of the molecule is Cc1ccc(CC2=CCC(Cc3cc(C)c(CC[N+](=O)[O-])cc3C)=CS2)cc1. The van der Waals surface area contributed by atoms with Crippen molar-refractivity contribution in [1.82, 2.24) is 0 Å². The molecule has 28 heavy (non-hydrogen) atoms. The smallest absolute Gasteiger partial charge is 0.207 e. The number of allylic oxidation sites excluding steroid dienone is 3. The zero-order chi connectivity index (χ0) is 20.1. The molecule has 0 N–H and O–H groups in total. The summed E-state index contributed by atoms with van der Waals surface area (Å²) in [4.78, 5) is 11.8. The Labute approximate surface area is 171 Å². The van der Waals surface area contributed by atoms with Gasteiger partial charge in [-0.05, 0) is 71.7 Å². The number of nitro groups is 1. The van der Waals surface area contributed by atoms with E-state index in [9.17, 15) is 10.1 Å². The quantitative estimate of drug-likeness (QED) is 0.420. The van der Waals surface area contributed by atoms with Gasteiger partial charge >= 0.3 is 0 Å². The van der Waals surface area contributed by atoms with Gasteiger partial charge in [-0.3, -0.25) is 10.1 Å². The molecule has 0 amide bonds. The first-order chi connectivity index (χ1) is 13.4. The van der Waals surface area contributed by atoms with Crippen molar-refractivity contribution in [2.75, 3.05) is 6.54 Å². The van der Waals surface area contributed by atoms with Crippen molar-refractivity contribution in [2.45, 2.75) is 46.5 Å². The van der Waals surface area contributed by atoms with E-state index in [4.69, 9.17) is 0 Å². The Hall–Kier alpha value is -2.33. The highest BCUT2D eigenvalue weighted by atomic mass is 32.2. The largest absolute Gasteiger partial charge is 0.265 e. The summed E-state index contributed by atoms with van der Waals surface area (Å²) in [5, 5.41) is 13.0. The van der Waals surface area contributed by atoms with Crippen LogP contribution < -0.4 is 0 Å². The topological polar surface area (TPSA) is 43.1 Å². The summed E-state index contributed by atoms with van der Waals surface area (Å²) in [6.07, 6.45) is 5.80. The van der Waals surface area contributed by atoms with Gasteiger partial charge in [0.1, 0.15) is 0 Å². The Morgan fingerprint density at radius 2 is 1.68 bits per heavy atom. The Morgan fingerprint density at radius 1 is 1.00 bits per heavy atom. The fourth-order valence-electron chi connectivity index (χ4n) is 3.49. The van der Waals surface area contributed by atoms with Crippen LogP contribution in [0.4, 0.5) is 0 Å². The molecule has 1 aliphatic rings. The zero-order valence-corrected chi connectivity index (χ0v) is 17.6. The molecule has 1 heterocycles. The molecule has 146 valence electrons. The van der Waals surface area contributed by atoms with Crippen LogP contribution in [-0.2, 0) is 19.3 Å². The Kier molecular flexibility index (Phi) is 6.74. The van der Waals surface area contributed by atoms with Crippen LogP contribution in [0.1, 0.15) is 39.8 Å². The minimum Gasteiger partial charge on any atom is -0.265 e. The second-order valence-electron chi connectivity index (χ2n) is 7.62. The maximum Gasteiger partial charge on any atom is 0.207 e. The van der Waals surface area contributed by atoms with Crippen molar-refractivity contribution in [3.63, 3.8) is 0 Å². The third kappa shape index (κ3) is 5.59. The minimum absolute atomic E-state index is 0.00399. The summed E-state index contributed by atoms with van der Waals surface area (Å²) in [6.45, 7) is 6.28. The van der Waals surface area contributed by atoms with Gasteiger partial charge in [0.15, 0.2) is 0 Å². The van der Waals surface area contributed by atoms with Crippen molar-refractivity contribution < 1.29 is 4.92 Å². The van der Waals surface area contributed by atoms with Gasteiger partial charge in [0.2, 0.25) is 6.54 Å². The molecular formula is C24H27NO2S. The highest BCUT2D eigenvalue weighted by molar-refractivity contribution is 8.05. The van der Waals surface area contributed by atoms with Crippen LogP contribution in [0.3, 0.4) is 0 Å². The average molecular weight is 394 g/mol. The predicted octanol–water partition coefficient (Wildman–Crippen LogP) is 6.12. The summed E-state index contributed by atoms with van der Waals surface area (Å²) >= 11 is 1.84. The first-order valence-electron chi connectivity index (χ1n) is 9.70. The first kappa shape index (κ1) is 20.4. The molecule has 0 unspecified atom stereocenters. The molecule has 3 rings (SSSR count). The number of rotatable bonds is 7. The summed E-state index contributed by atoms with van der Waals surface area (Å²) in [5.41, 5.74) is 8.88. The average Bonchev–Trinajstić information content (AvgIpc) is 2.66. The van der Waals surface area contributed by atoms with Crippen LogP contribution in [0, 0.1) is 30.9 Å². The Balaban J connectivity index is 1.60. The Morgan fingerprint density at radius 3 is 2.32 bits per heavy atom. The molecule has 0 aliphatic carbocycles. The van der Waals surface area contributed by atoms with Crippen LogP contribution >= 0.6 is 11.8 Å². The molecule has 0 saturated carbocycles. The summed E-state index contributed by atoms with van der Waals surface area (Å²) in [6, 6.07) is 13.1. The van der Waals surface area contributed by atoms with E-state index in [0.29, 0.717) is 6.42 Å². The third-order valence-corrected chi connectivity index (χ3v) is 6.31. The number of benzene rings is 2. The molecule has 4 heteroatoms. The van der Waals surface area contributed by atoms with Gasteiger partial charge in [0, 0.05) is 17.8 Å². The predicted molar refractivity (Wildman–Crippen MR) is 118 cm³/mol. The molecule has 2 aromatic rings. The molecule has 1 aliphatic heterocycles. The van der Waals surface area contributed by atoms with Gasteiger partial charge in [-0.2, -0.15) is 0 Å². The number of hydrogen-bond donors (Lipinski definition) is 0. The van der Waals surface area contributed by atoms with E-state index >= 15 is 0 Å². The number of nitrogens with zero attached hydrogens (tertiary/aromatic N) is 1. The van der Waals surface area contributed by atoms with E-state index in [1.165, 1.54) is 32.7 Å². The maximum atomic E-state index is 10.6. The van der Waals surface area contributed by atoms with E-state index < -0.39 is 0 Å². The maximum absolute atomic E-state index is 10.6. The van der Waals surface area contributed by atoms with Crippen LogP contribution in [0.15, 0.2) is 58.4 Å². The number of aryl methyl sites for hydroxylation is 3. The summed E-state index contributed by atoms with van der Waals surface area (Å²) < 4.78 is 0. The van der Waals surface area contributed by atoms with Crippen molar-refractivity contribution >= 4 is 11.8 Å². The standard InChI is InChI=1S/C24H27NO2S/c1-17-4-6-20(7-5-17)15-24-9-8-21(16-28-24)14-23-13-18(2)22(12-19(23)3)10-11-25(26)27/h4-7,9,12-13,16H,8,10-11,14-15H2,1-3H3. The van der Waals surface area contributed by atoms with E-state index in [0.717, 1.165) is 30.4 Å². The van der Waals surface area contributed by atoms with Crippen molar-refractivity contribution in [3.05, 3.63) is 102 Å². The second-order valence-corrected chi connectivity index (χ2v) is 8.61. The molecule has 0 fully saturated rings. The lowest BCUT2D eigenvalue weighted by molar-refractivity contribution is -0.479. The lowest BCUT2D eigenvalue weighted by Gasteiger charge is -2.16. The second kappa shape index (κ2) is 9.24. The fraction of sp³-hybridized carbons (Fsp3) is 0.333. The molecule has 0 aromatic heterocycles. The van der Waals surface area contributed by atoms with Gasteiger partial charge in [-0.15, -0.1) is 11.8 Å². The van der Waals surface area contributed by atoms with Crippen LogP contribution in [0.2, 0.25) is 0 Å². The lowest BCUT2D eigenvalue weighted by Crippen LogP contribution is -2.06. The van der Waals surface area contributed by atoms with Crippen LogP contribution in [-0.4, -0.2) is 11.5 Å². The minimum atomic E-state index is -0.243. The molecule has 3 nitrogen and oxygen atoms in total. The first-order valence-corrected chi connectivity index (χ1v) is 10.6. The van der Waals surface area contributed by atoms with Gasteiger partial charge < -0.3 is 0 Å². The zero-order valence-electron chi connectivity index (χ0n) is 16.8. The molecule has 2 aromatic carbocycles.